The summed E-state index contributed by atoms with van der Waals surface area (Å²) in [4.78, 5) is 20.1. The third-order valence-electron chi connectivity index (χ3n) is 5.18. The van der Waals surface area contributed by atoms with E-state index in [4.69, 9.17) is 19.2 Å². The second kappa shape index (κ2) is 6.98. The normalized spacial score (nSPS) is 18.5. The van der Waals surface area contributed by atoms with Gasteiger partial charge in [0.25, 0.3) is 5.91 Å². The first-order valence-electron chi connectivity index (χ1n) is 9.38. The number of benzene rings is 2. The predicted octanol–water partition coefficient (Wildman–Crippen LogP) is 4.05. The highest BCUT2D eigenvalue weighted by molar-refractivity contribution is 7.18. The Morgan fingerprint density at radius 2 is 2.11 bits per heavy atom. The van der Waals surface area contributed by atoms with Crippen LogP contribution in [0.2, 0.25) is 0 Å². The van der Waals surface area contributed by atoms with E-state index >= 15 is 0 Å². The second-order valence-corrected chi connectivity index (χ2v) is 7.94. The molecule has 1 amide bonds. The number of aromatic nitrogens is 1. The van der Waals surface area contributed by atoms with E-state index in [0.29, 0.717) is 36.0 Å². The number of thiazole rings is 1. The largest absolute Gasteiger partial charge is 0.493 e. The summed E-state index contributed by atoms with van der Waals surface area (Å²) in [6.45, 7) is 1.66. The molecule has 0 aliphatic carbocycles. The molecule has 1 aromatic heterocycles. The van der Waals surface area contributed by atoms with Crippen molar-refractivity contribution in [3.63, 3.8) is 0 Å². The van der Waals surface area contributed by atoms with Crippen molar-refractivity contribution >= 4 is 27.5 Å². The van der Waals surface area contributed by atoms with Gasteiger partial charge in [0.1, 0.15) is 18.2 Å². The van der Waals surface area contributed by atoms with Crippen LogP contribution in [-0.2, 0) is 0 Å². The predicted molar refractivity (Wildman–Crippen MR) is 107 cm³/mol. The molecule has 0 radical (unpaired) electrons. The van der Waals surface area contributed by atoms with E-state index in [0.717, 1.165) is 34.6 Å². The van der Waals surface area contributed by atoms with Crippen molar-refractivity contribution < 1.29 is 19.0 Å². The minimum absolute atomic E-state index is 0.00379. The minimum Gasteiger partial charge on any atom is -0.493 e. The summed E-state index contributed by atoms with van der Waals surface area (Å²) in [7, 11) is 1.57. The lowest BCUT2D eigenvalue weighted by atomic mass is 10.1. The van der Waals surface area contributed by atoms with E-state index in [1.54, 1.807) is 30.6 Å². The lowest BCUT2D eigenvalue weighted by Crippen LogP contribution is -2.30. The molecule has 2 aromatic carbocycles. The standard InChI is InChI=1S/C21H20N2O4S/c1-25-16-11-13(12-17-19(16)27-10-9-26-17)21(24)23-8-4-6-15(23)20-22-14-5-2-3-7-18(14)28-20/h2-3,5,7,11-12,15H,4,6,8-10H2,1H3/t15-/m1/s1. The van der Waals surface area contributed by atoms with E-state index < -0.39 is 0 Å². The number of nitrogens with zero attached hydrogens (tertiary/aromatic N) is 2. The van der Waals surface area contributed by atoms with Gasteiger partial charge in [-0.05, 0) is 37.1 Å². The Labute approximate surface area is 166 Å². The maximum atomic E-state index is 13.4. The smallest absolute Gasteiger partial charge is 0.254 e. The Morgan fingerprint density at radius 3 is 2.96 bits per heavy atom. The summed E-state index contributed by atoms with van der Waals surface area (Å²) >= 11 is 1.67. The molecule has 0 bridgehead atoms. The molecule has 144 valence electrons. The quantitative estimate of drug-likeness (QED) is 0.668. The average Bonchev–Trinajstić information content (AvgIpc) is 3.39. The highest BCUT2D eigenvalue weighted by Gasteiger charge is 2.34. The lowest BCUT2D eigenvalue weighted by molar-refractivity contribution is 0.0733. The molecule has 0 saturated carbocycles. The number of methoxy groups -OCH3 is 1. The maximum absolute atomic E-state index is 13.4. The van der Waals surface area contributed by atoms with Crippen LogP contribution in [0.1, 0.15) is 34.2 Å². The van der Waals surface area contributed by atoms with Crippen LogP contribution in [0.5, 0.6) is 17.2 Å². The molecular formula is C21H20N2O4S. The molecule has 3 heterocycles. The third-order valence-corrected chi connectivity index (χ3v) is 6.32. The zero-order valence-corrected chi connectivity index (χ0v) is 16.3. The molecule has 2 aliphatic rings. The van der Waals surface area contributed by atoms with Gasteiger partial charge in [0.2, 0.25) is 5.75 Å². The molecular weight excluding hydrogens is 376 g/mol. The molecule has 28 heavy (non-hydrogen) atoms. The van der Waals surface area contributed by atoms with Gasteiger partial charge in [0.05, 0.1) is 23.4 Å². The fourth-order valence-electron chi connectivity index (χ4n) is 3.86. The Morgan fingerprint density at radius 1 is 1.25 bits per heavy atom. The number of hydrogen-bond acceptors (Lipinski definition) is 6. The molecule has 0 spiro atoms. The Bertz CT molecular complexity index is 998. The second-order valence-electron chi connectivity index (χ2n) is 6.88. The van der Waals surface area contributed by atoms with Crippen molar-refractivity contribution in [3.05, 3.63) is 47.0 Å². The van der Waals surface area contributed by atoms with Crippen molar-refractivity contribution in [2.75, 3.05) is 26.9 Å². The molecule has 0 N–H and O–H groups in total. The number of fused-ring (bicyclic) bond motifs is 2. The van der Waals surface area contributed by atoms with Gasteiger partial charge in [0.15, 0.2) is 11.5 Å². The maximum Gasteiger partial charge on any atom is 0.254 e. The molecule has 6 nitrogen and oxygen atoms in total. The molecule has 1 atom stereocenters. The zero-order chi connectivity index (χ0) is 19.1. The summed E-state index contributed by atoms with van der Waals surface area (Å²) in [6.07, 6.45) is 1.89. The van der Waals surface area contributed by atoms with Crippen molar-refractivity contribution in [2.24, 2.45) is 0 Å². The number of para-hydroxylation sites is 1. The Hall–Kier alpha value is -2.80. The van der Waals surface area contributed by atoms with Crippen LogP contribution in [0.3, 0.4) is 0 Å². The molecule has 3 aromatic rings. The van der Waals surface area contributed by atoms with Crippen LogP contribution in [0, 0.1) is 0 Å². The SMILES string of the molecule is COc1cc(C(=O)N2CCC[C@@H]2c2nc3ccccc3s2)cc2c1OCCO2. The summed E-state index contributed by atoms with van der Waals surface area (Å²) in [5, 5.41) is 0.997. The van der Waals surface area contributed by atoms with E-state index in [1.807, 2.05) is 23.1 Å². The third kappa shape index (κ3) is 2.86. The van der Waals surface area contributed by atoms with Gasteiger partial charge in [0, 0.05) is 12.1 Å². The number of likely N-dealkylation sites (tertiary alicyclic amines) is 1. The molecule has 1 saturated heterocycles. The number of carbonyl (C=O) groups excluding carboxylic acids is 1. The van der Waals surface area contributed by atoms with Crippen LogP contribution in [0.25, 0.3) is 10.2 Å². The molecule has 1 fully saturated rings. The zero-order valence-electron chi connectivity index (χ0n) is 15.5. The molecule has 5 rings (SSSR count). The van der Waals surface area contributed by atoms with Crippen molar-refractivity contribution in [3.8, 4) is 17.2 Å². The van der Waals surface area contributed by atoms with Gasteiger partial charge in [-0.25, -0.2) is 4.98 Å². The van der Waals surface area contributed by atoms with Crippen LogP contribution >= 0.6 is 11.3 Å². The first kappa shape index (κ1) is 17.3. The summed E-state index contributed by atoms with van der Waals surface area (Å²) in [5.74, 6) is 1.62. The van der Waals surface area contributed by atoms with Crippen LogP contribution < -0.4 is 14.2 Å². The average molecular weight is 396 g/mol. The lowest BCUT2D eigenvalue weighted by Gasteiger charge is -2.25. The summed E-state index contributed by atoms with van der Waals surface area (Å²) < 4.78 is 17.9. The van der Waals surface area contributed by atoms with Gasteiger partial charge in [-0.2, -0.15) is 0 Å². The first-order valence-corrected chi connectivity index (χ1v) is 10.2. The first-order chi connectivity index (χ1) is 13.7. The van der Waals surface area contributed by atoms with Crippen molar-refractivity contribution in [2.45, 2.75) is 18.9 Å². The fourth-order valence-corrected chi connectivity index (χ4v) is 4.98. The number of ether oxygens (including phenoxy) is 3. The molecule has 7 heteroatoms. The van der Waals surface area contributed by atoms with Gasteiger partial charge in [-0.3, -0.25) is 4.79 Å². The van der Waals surface area contributed by atoms with E-state index in [1.165, 1.54) is 0 Å². The van der Waals surface area contributed by atoms with E-state index in [9.17, 15) is 4.79 Å². The van der Waals surface area contributed by atoms with Crippen LogP contribution in [0.15, 0.2) is 36.4 Å². The van der Waals surface area contributed by atoms with Crippen LogP contribution in [-0.4, -0.2) is 42.7 Å². The van der Waals surface area contributed by atoms with E-state index in [-0.39, 0.29) is 11.9 Å². The van der Waals surface area contributed by atoms with E-state index in [2.05, 4.69) is 6.07 Å². The highest BCUT2D eigenvalue weighted by atomic mass is 32.1. The number of carbonyl (C=O) groups is 1. The summed E-state index contributed by atoms with van der Waals surface area (Å²) in [5.41, 5.74) is 1.54. The van der Waals surface area contributed by atoms with Gasteiger partial charge in [-0.1, -0.05) is 12.1 Å². The minimum atomic E-state index is -0.0305. The summed E-state index contributed by atoms with van der Waals surface area (Å²) in [6, 6.07) is 11.6. The van der Waals surface area contributed by atoms with Gasteiger partial charge >= 0.3 is 0 Å². The monoisotopic (exact) mass is 396 g/mol. The fraction of sp³-hybridized carbons (Fsp3) is 0.333. The number of hydrogen-bond donors (Lipinski definition) is 0. The number of rotatable bonds is 3. The van der Waals surface area contributed by atoms with Gasteiger partial charge in [-0.15, -0.1) is 11.3 Å². The van der Waals surface area contributed by atoms with Crippen molar-refractivity contribution in [1.82, 2.24) is 9.88 Å². The number of amides is 1. The van der Waals surface area contributed by atoms with Gasteiger partial charge < -0.3 is 19.1 Å². The Kier molecular flexibility index (Phi) is 4.31. The topological polar surface area (TPSA) is 60.9 Å². The molecule has 0 unspecified atom stereocenters. The van der Waals surface area contributed by atoms with Crippen molar-refractivity contribution in [1.29, 1.82) is 0 Å². The van der Waals surface area contributed by atoms with Crippen LogP contribution in [0.4, 0.5) is 0 Å². The Balaban J connectivity index is 1.48. The molecule has 2 aliphatic heterocycles. The highest BCUT2D eigenvalue weighted by Crippen LogP contribution is 2.42.